The smallest absolute Gasteiger partial charge is 0.270 e. The molecule has 0 saturated carbocycles. The van der Waals surface area contributed by atoms with Gasteiger partial charge in [-0.25, -0.2) is 0 Å². The van der Waals surface area contributed by atoms with Crippen LogP contribution >= 0.6 is 12.2 Å². The van der Waals surface area contributed by atoms with E-state index < -0.39 is 0 Å². The predicted molar refractivity (Wildman–Crippen MR) is 108 cm³/mol. The van der Waals surface area contributed by atoms with E-state index in [0.717, 1.165) is 63.3 Å². The molecular weight excluding hydrogens is 360 g/mol. The zero-order valence-electron chi connectivity index (χ0n) is 16.0. The Morgan fingerprint density at radius 2 is 1.85 bits per heavy atom. The molecule has 0 radical (unpaired) electrons. The Bertz CT molecular complexity index is 853. The summed E-state index contributed by atoms with van der Waals surface area (Å²) in [5.41, 5.74) is 1.88. The molecule has 0 spiro atoms. The number of amides is 1. The van der Waals surface area contributed by atoms with E-state index >= 15 is 0 Å². The number of carbonyl (C=O) groups excluding carboxylic acids is 1. The van der Waals surface area contributed by atoms with Gasteiger partial charge >= 0.3 is 0 Å². The van der Waals surface area contributed by atoms with Gasteiger partial charge in [0.25, 0.3) is 4.84 Å². The second-order valence-corrected chi connectivity index (χ2v) is 8.08. The van der Waals surface area contributed by atoms with Crippen LogP contribution in [-0.2, 0) is 11.5 Å². The number of benzene rings is 1. The van der Waals surface area contributed by atoms with E-state index in [-0.39, 0.29) is 0 Å². The number of likely N-dealkylation sites (tertiary alicyclic amines) is 1. The molecule has 2 fully saturated rings. The Hall–Kier alpha value is -1.70. The lowest BCUT2D eigenvalue weighted by Crippen LogP contribution is -2.52. The fraction of sp³-hybridized carbons (Fsp3) is 0.600. The first-order chi connectivity index (χ1) is 13.1. The largest absolute Gasteiger partial charge is 0.429 e. The van der Waals surface area contributed by atoms with Gasteiger partial charge in [-0.05, 0) is 50.5 Å². The molecule has 0 N–H and O–H groups in total. The van der Waals surface area contributed by atoms with E-state index in [1.807, 2.05) is 24.3 Å². The minimum Gasteiger partial charge on any atom is -0.429 e. The van der Waals surface area contributed by atoms with Gasteiger partial charge in [0.05, 0.1) is 18.7 Å². The summed E-state index contributed by atoms with van der Waals surface area (Å²) < 4.78 is 7.74. The van der Waals surface area contributed by atoms with E-state index in [1.165, 1.54) is 6.42 Å². The molecular formula is C20H28N4O2S. The van der Waals surface area contributed by atoms with Gasteiger partial charge in [-0.15, -0.1) is 0 Å². The molecule has 2 aliphatic heterocycles. The average molecular weight is 389 g/mol. The van der Waals surface area contributed by atoms with Crippen LogP contribution < -0.4 is 0 Å². The number of rotatable bonds is 4. The lowest BCUT2D eigenvalue weighted by atomic mass is 10.0. The molecule has 27 heavy (non-hydrogen) atoms. The van der Waals surface area contributed by atoms with Crippen molar-refractivity contribution in [1.29, 1.82) is 0 Å². The minimum absolute atomic E-state index is 0.290. The van der Waals surface area contributed by atoms with Crippen molar-refractivity contribution in [1.82, 2.24) is 19.3 Å². The number of aromatic nitrogens is 1. The molecule has 2 saturated heterocycles. The molecule has 1 aromatic heterocycles. The lowest BCUT2D eigenvalue weighted by Gasteiger charge is -2.38. The van der Waals surface area contributed by atoms with Crippen LogP contribution in [0.3, 0.4) is 0 Å². The summed E-state index contributed by atoms with van der Waals surface area (Å²) in [7, 11) is 0. The van der Waals surface area contributed by atoms with Crippen molar-refractivity contribution in [2.75, 3.05) is 39.3 Å². The van der Waals surface area contributed by atoms with E-state index in [0.29, 0.717) is 23.3 Å². The summed E-state index contributed by atoms with van der Waals surface area (Å²) in [5, 5.41) is 0. The zero-order chi connectivity index (χ0) is 18.8. The molecule has 1 aromatic carbocycles. The second kappa shape index (κ2) is 8.12. The van der Waals surface area contributed by atoms with Gasteiger partial charge in [-0.2, -0.15) is 0 Å². The fourth-order valence-corrected chi connectivity index (χ4v) is 4.43. The van der Waals surface area contributed by atoms with Crippen LogP contribution in [0.15, 0.2) is 28.7 Å². The molecule has 2 aliphatic rings. The Balaban J connectivity index is 1.32. The molecule has 0 unspecified atom stereocenters. The number of hydrogen-bond donors (Lipinski definition) is 0. The summed E-state index contributed by atoms with van der Waals surface area (Å²) in [4.78, 5) is 19.9. The van der Waals surface area contributed by atoms with E-state index in [2.05, 4.69) is 26.2 Å². The zero-order valence-corrected chi connectivity index (χ0v) is 16.8. The summed E-state index contributed by atoms with van der Waals surface area (Å²) in [6.07, 6.45) is 3.52. The van der Waals surface area contributed by atoms with E-state index in [9.17, 15) is 4.79 Å². The monoisotopic (exact) mass is 388 g/mol. The highest BCUT2D eigenvalue weighted by molar-refractivity contribution is 7.71. The molecule has 3 heterocycles. The lowest BCUT2D eigenvalue weighted by molar-refractivity contribution is -0.136. The second-order valence-electron chi connectivity index (χ2n) is 7.73. The molecule has 0 bridgehead atoms. The number of oxazole rings is 1. The summed E-state index contributed by atoms with van der Waals surface area (Å²) in [6, 6.07) is 8.36. The molecule has 1 atom stereocenters. The highest BCUT2D eigenvalue weighted by atomic mass is 32.1. The van der Waals surface area contributed by atoms with Crippen LogP contribution in [0.2, 0.25) is 0 Å². The third-order valence-electron chi connectivity index (χ3n) is 5.86. The molecule has 7 heteroatoms. The third kappa shape index (κ3) is 4.10. The van der Waals surface area contributed by atoms with Crippen molar-refractivity contribution in [2.45, 2.75) is 38.9 Å². The van der Waals surface area contributed by atoms with Gasteiger partial charge in [-0.3, -0.25) is 19.2 Å². The number of piperidine rings is 1. The topological polar surface area (TPSA) is 44.9 Å². The number of hydrogen-bond acceptors (Lipinski definition) is 5. The summed E-state index contributed by atoms with van der Waals surface area (Å²) >= 11 is 5.39. The van der Waals surface area contributed by atoms with Crippen LogP contribution in [0.25, 0.3) is 11.1 Å². The van der Waals surface area contributed by atoms with Crippen LogP contribution in [-0.4, -0.2) is 70.5 Å². The van der Waals surface area contributed by atoms with Gasteiger partial charge in [0.1, 0.15) is 0 Å². The maximum Gasteiger partial charge on any atom is 0.270 e. The molecule has 4 rings (SSSR count). The summed E-state index contributed by atoms with van der Waals surface area (Å²) in [6.45, 7) is 8.08. The number of piperazine rings is 1. The molecule has 1 amide bonds. The fourth-order valence-electron chi connectivity index (χ4n) is 4.19. The third-order valence-corrected chi connectivity index (χ3v) is 6.17. The van der Waals surface area contributed by atoms with Crippen LogP contribution in [0.5, 0.6) is 0 Å². The number of carbonyl (C=O) groups is 1. The first kappa shape index (κ1) is 18.7. The standard InChI is InChI=1S/C20H28N4O2S/c1-16-6-4-5-9-23(16)19(25)14-21-10-12-22(13-11-21)15-24-17-7-2-3-8-18(17)26-20(24)27/h2-3,7-8,16H,4-6,9-15H2,1H3/t16-/m0/s1. The van der Waals surface area contributed by atoms with Crippen molar-refractivity contribution in [3.63, 3.8) is 0 Å². The van der Waals surface area contributed by atoms with E-state index in [4.69, 9.17) is 16.6 Å². The van der Waals surface area contributed by atoms with Crippen molar-refractivity contribution < 1.29 is 9.21 Å². The Morgan fingerprint density at radius 1 is 1.11 bits per heavy atom. The van der Waals surface area contributed by atoms with Crippen molar-refractivity contribution in [3.05, 3.63) is 29.1 Å². The highest BCUT2D eigenvalue weighted by Crippen LogP contribution is 2.19. The number of fused-ring (bicyclic) bond motifs is 1. The van der Waals surface area contributed by atoms with Crippen LogP contribution in [0, 0.1) is 4.84 Å². The maximum atomic E-state index is 12.6. The summed E-state index contributed by atoms with van der Waals surface area (Å²) in [5.74, 6) is 0.290. The Labute approximate surface area is 165 Å². The van der Waals surface area contributed by atoms with Gasteiger partial charge in [-0.1, -0.05) is 12.1 Å². The normalized spacial score (nSPS) is 22.4. The van der Waals surface area contributed by atoms with Crippen molar-refractivity contribution >= 4 is 29.2 Å². The Kier molecular flexibility index (Phi) is 5.61. The minimum atomic E-state index is 0.290. The Morgan fingerprint density at radius 3 is 2.63 bits per heavy atom. The van der Waals surface area contributed by atoms with Gasteiger partial charge in [0.2, 0.25) is 5.91 Å². The van der Waals surface area contributed by atoms with Gasteiger partial charge in [0, 0.05) is 38.8 Å². The number of para-hydroxylation sites is 2. The van der Waals surface area contributed by atoms with Crippen molar-refractivity contribution in [2.24, 2.45) is 0 Å². The predicted octanol–water partition coefficient (Wildman–Crippen LogP) is 2.94. The molecule has 6 nitrogen and oxygen atoms in total. The van der Waals surface area contributed by atoms with E-state index in [1.54, 1.807) is 0 Å². The highest BCUT2D eigenvalue weighted by Gasteiger charge is 2.26. The van der Waals surface area contributed by atoms with Gasteiger partial charge in [0.15, 0.2) is 5.58 Å². The van der Waals surface area contributed by atoms with Crippen LogP contribution in [0.4, 0.5) is 0 Å². The van der Waals surface area contributed by atoms with Gasteiger partial charge < -0.3 is 9.32 Å². The molecule has 146 valence electrons. The molecule has 0 aliphatic carbocycles. The number of nitrogens with zero attached hydrogens (tertiary/aromatic N) is 4. The SMILES string of the molecule is C[C@H]1CCCCN1C(=O)CN1CCN(Cn2c(=S)oc3ccccc32)CC1. The quantitative estimate of drug-likeness (QED) is 0.754. The first-order valence-electron chi connectivity index (χ1n) is 9.94. The van der Waals surface area contributed by atoms with Crippen molar-refractivity contribution in [3.8, 4) is 0 Å². The average Bonchev–Trinajstić information content (AvgIpc) is 2.99. The molecule has 2 aromatic rings. The van der Waals surface area contributed by atoms with Crippen LogP contribution in [0.1, 0.15) is 26.2 Å². The maximum absolute atomic E-state index is 12.6. The first-order valence-corrected chi connectivity index (χ1v) is 10.4.